The molecule has 162 valence electrons. The fraction of sp³-hybridized carbons (Fsp3) is 0.400. The number of unbranched alkanes of at least 4 members (excludes halogenated alkanes) is 1. The molecule has 4 rings (SSSR count). The Hall–Kier alpha value is -2.99. The minimum atomic E-state index is 0.0926. The van der Waals surface area contributed by atoms with Crippen molar-refractivity contribution in [2.75, 3.05) is 19.7 Å². The van der Waals surface area contributed by atoms with Gasteiger partial charge in [-0.15, -0.1) is 10.2 Å². The molecule has 0 aliphatic carbocycles. The molecule has 0 bridgehead atoms. The van der Waals surface area contributed by atoms with Crippen LogP contribution in [0.25, 0.3) is 11.5 Å². The van der Waals surface area contributed by atoms with Gasteiger partial charge < -0.3 is 9.15 Å². The monoisotopic (exact) mass is 419 g/mol. The van der Waals surface area contributed by atoms with E-state index in [4.69, 9.17) is 9.15 Å². The molecule has 1 aliphatic heterocycles. The molecule has 31 heavy (non-hydrogen) atoms. The molecule has 6 heteroatoms. The number of ether oxygens (including phenoxy) is 1. The van der Waals surface area contributed by atoms with Crippen LogP contribution in [0.1, 0.15) is 48.9 Å². The fourth-order valence-electron chi connectivity index (χ4n) is 3.84. The third kappa shape index (κ3) is 5.58. The van der Waals surface area contributed by atoms with Gasteiger partial charge in [-0.05, 0) is 56.6 Å². The molecule has 1 saturated heterocycles. The van der Waals surface area contributed by atoms with Gasteiger partial charge in [0.2, 0.25) is 11.8 Å². The van der Waals surface area contributed by atoms with Gasteiger partial charge >= 0.3 is 0 Å². The third-order valence-electron chi connectivity index (χ3n) is 5.71. The Balaban J connectivity index is 1.28. The van der Waals surface area contributed by atoms with Crippen molar-refractivity contribution in [1.29, 1.82) is 0 Å². The van der Waals surface area contributed by atoms with Crippen molar-refractivity contribution in [2.24, 2.45) is 5.92 Å². The topological polar surface area (TPSA) is 68.5 Å². The lowest BCUT2D eigenvalue weighted by molar-refractivity contribution is 0.0828. The van der Waals surface area contributed by atoms with E-state index in [2.05, 4.69) is 22.0 Å². The first-order valence-corrected chi connectivity index (χ1v) is 11.1. The molecule has 1 aliphatic rings. The molecule has 2 aromatic carbocycles. The normalized spacial score (nSPS) is 15.1. The second kappa shape index (κ2) is 10.4. The number of hydrogen-bond acceptors (Lipinski definition) is 6. The van der Waals surface area contributed by atoms with E-state index in [1.54, 1.807) is 0 Å². The second-order valence-corrected chi connectivity index (χ2v) is 8.01. The Morgan fingerprint density at radius 1 is 1.06 bits per heavy atom. The summed E-state index contributed by atoms with van der Waals surface area (Å²) < 4.78 is 11.6. The summed E-state index contributed by atoms with van der Waals surface area (Å²) in [5, 5.41) is 8.42. The van der Waals surface area contributed by atoms with Gasteiger partial charge in [0.25, 0.3) is 0 Å². The lowest BCUT2D eigenvalue weighted by atomic mass is 9.89. The number of hydrogen-bond donors (Lipinski definition) is 0. The van der Waals surface area contributed by atoms with Crippen molar-refractivity contribution >= 4 is 5.78 Å². The summed E-state index contributed by atoms with van der Waals surface area (Å²) >= 11 is 0. The summed E-state index contributed by atoms with van der Waals surface area (Å²) in [5.74, 6) is 2.32. The van der Waals surface area contributed by atoms with Crippen LogP contribution in [0.3, 0.4) is 0 Å². The van der Waals surface area contributed by atoms with Crippen LogP contribution >= 0.6 is 0 Å². The summed E-state index contributed by atoms with van der Waals surface area (Å²) in [7, 11) is 0. The van der Waals surface area contributed by atoms with Crippen LogP contribution < -0.4 is 4.74 Å². The maximum absolute atomic E-state index is 12.7. The van der Waals surface area contributed by atoms with Crippen LogP contribution in [-0.4, -0.2) is 40.6 Å². The molecule has 0 saturated carbocycles. The van der Waals surface area contributed by atoms with Crippen molar-refractivity contribution in [3.63, 3.8) is 0 Å². The first-order chi connectivity index (χ1) is 15.2. The highest BCUT2D eigenvalue weighted by Crippen LogP contribution is 2.25. The van der Waals surface area contributed by atoms with Crippen LogP contribution in [0.15, 0.2) is 59.0 Å². The zero-order valence-electron chi connectivity index (χ0n) is 18.0. The first-order valence-electron chi connectivity index (χ1n) is 11.1. The summed E-state index contributed by atoms with van der Waals surface area (Å²) in [6.45, 7) is 5.19. The summed E-state index contributed by atoms with van der Waals surface area (Å²) in [6.07, 6.45) is 3.87. The second-order valence-electron chi connectivity index (χ2n) is 8.01. The van der Waals surface area contributed by atoms with E-state index in [-0.39, 0.29) is 11.7 Å². The number of benzene rings is 2. The van der Waals surface area contributed by atoms with Gasteiger partial charge in [-0.3, -0.25) is 9.69 Å². The molecular formula is C25H29N3O3. The number of carbonyl (C=O) groups excluding carboxylic acids is 1. The third-order valence-corrected chi connectivity index (χ3v) is 5.71. The largest absolute Gasteiger partial charge is 0.494 e. The van der Waals surface area contributed by atoms with E-state index in [9.17, 15) is 4.79 Å². The van der Waals surface area contributed by atoms with Gasteiger partial charge in [-0.1, -0.05) is 43.7 Å². The Labute approximate surface area is 183 Å². The zero-order chi connectivity index (χ0) is 21.5. The number of piperidine rings is 1. The van der Waals surface area contributed by atoms with Crippen LogP contribution in [-0.2, 0) is 6.54 Å². The lowest BCUT2D eigenvalue weighted by Crippen LogP contribution is -2.36. The average molecular weight is 420 g/mol. The van der Waals surface area contributed by atoms with E-state index in [1.807, 2.05) is 54.6 Å². The zero-order valence-corrected chi connectivity index (χ0v) is 18.0. The van der Waals surface area contributed by atoms with Crippen LogP contribution in [0.5, 0.6) is 5.75 Å². The highest BCUT2D eigenvalue weighted by Gasteiger charge is 2.26. The number of Topliss-reactive ketones (excluding diaryl/α,β-unsaturated/α-hetero) is 1. The van der Waals surface area contributed by atoms with Crippen molar-refractivity contribution in [2.45, 2.75) is 39.2 Å². The molecule has 3 aromatic rings. The molecule has 0 spiro atoms. The van der Waals surface area contributed by atoms with E-state index < -0.39 is 0 Å². The maximum Gasteiger partial charge on any atom is 0.247 e. The highest BCUT2D eigenvalue weighted by atomic mass is 16.5. The minimum Gasteiger partial charge on any atom is -0.494 e. The standard InChI is InChI=1S/C25H29N3O3/c1-2-3-17-30-22-11-9-21(10-12-22)25-27-26-23(31-25)18-28-15-13-20(14-16-28)24(29)19-7-5-4-6-8-19/h4-12,20H,2-3,13-18H2,1H3. The number of carbonyl (C=O) groups is 1. The first kappa shape index (κ1) is 21.2. The summed E-state index contributed by atoms with van der Waals surface area (Å²) in [4.78, 5) is 14.9. The molecule has 0 atom stereocenters. The Kier molecular flexibility index (Phi) is 7.10. The Morgan fingerprint density at radius 2 is 1.81 bits per heavy atom. The number of ketones is 1. The van der Waals surface area contributed by atoms with Gasteiger partial charge in [0.1, 0.15) is 5.75 Å². The van der Waals surface area contributed by atoms with E-state index >= 15 is 0 Å². The van der Waals surface area contributed by atoms with Crippen molar-refractivity contribution in [3.8, 4) is 17.2 Å². The lowest BCUT2D eigenvalue weighted by Gasteiger charge is -2.30. The van der Waals surface area contributed by atoms with Crippen LogP contribution in [0.2, 0.25) is 0 Å². The molecule has 2 heterocycles. The summed E-state index contributed by atoms with van der Waals surface area (Å²) in [5.41, 5.74) is 1.69. The molecule has 0 unspecified atom stereocenters. The quantitative estimate of drug-likeness (QED) is 0.359. The Morgan fingerprint density at radius 3 is 2.52 bits per heavy atom. The number of rotatable bonds is 9. The minimum absolute atomic E-state index is 0.0926. The van der Waals surface area contributed by atoms with Gasteiger partial charge in [0, 0.05) is 17.0 Å². The Bertz CT molecular complexity index is 961. The van der Waals surface area contributed by atoms with E-state index in [1.165, 1.54) is 0 Å². The molecule has 6 nitrogen and oxygen atoms in total. The fourth-order valence-corrected chi connectivity index (χ4v) is 3.84. The number of nitrogens with zero attached hydrogens (tertiary/aromatic N) is 3. The van der Waals surface area contributed by atoms with Crippen LogP contribution in [0.4, 0.5) is 0 Å². The average Bonchev–Trinajstić information content (AvgIpc) is 3.29. The van der Waals surface area contributed by atoms with Gasteiger partial charge in [0.05, 0.1) is 13.2 Å². The number of likely N-dealkylation sites (tertiary alicyclic amines) is 1. The predicted molar refractivity (Wildman–Crippen MR) is 119 cm³/mol. The molecule has 0 amide bonds. The molecule has 1 aromatic heterocycles. The SMILES string of the molecule is CCCCOc1ccc(-c2nnc(CN3CCC(C(=O)c4ccccc4)CC3)o2)cc1. The predicted octanol–water partition coefficient (Wildman–Crippen LogP) is 5.01. The molecule has 0 radical (unpaired) electrons. The molecule has 1 fully saturated rings. The maximum atomic E-state index is 12.7. The summed E-state index contributed by atoms with van der Waals surface area (Å²) in [6, 6.07) is 17.3. The molecular weight excluding hydrogens is 390 g/mol. The van der Waals surface area contributed by atoms with Gasteiger partial charge in [0.15, 0.2) is 5.78 Å². The van der Waals surface area contributed by atoms with E-state index in [0.717, 1.165) is 62.3 Å². The highest BCUT2D eigenvalue weighted by molar-refractivity contribution is 5.97. The van der Waals surface area contributed by atoms with Gasteiger partial charge in [-0.2, -0.15) is 0 Å². The molecule has 0 N–H and O–H groups in total. The van der Waals surface area contributed by atoms with Crippen molar-refractivity contribution in [1.82, 2.24) is 15.1 Å². The van der Waals surface area contributed by atoms with Crippen LogP contribution in [0, 0.1) is 5.92 Å². The van der Waals surface area contributed by atoms with Gasteiger partial charge in [-0.25, -0.2) is 0 Å². The smallest absolute Gasteiger partial charge is 0.247 e. The number of aromatic nitrogens is 2. The van der Waals surface area contributed by atoms with E-state index in [0.29, 0.717) is 18.3 Å². The van der Waals surface area contributed by atoms with Crippen molar-refractivity contribution < 1.29 is 13.9 Å². The van der Waals surface area contributed by atoms with Crippen molar-refractivity contribution in [3.05, 3.63) is 66.1 Å².